The van der Waals surface area contributed by atoms with Crippen LogP contribution in [-0.2, 0) is 0 Å². The van der Waals surface area contributed by atoms with Crippen molar-refractivity contribution in [2.45, 2.75) is 0 Å². The van der Waals surface area contributed by atoms with Crippen LogP contribution in [0.5, 0.6) is 0 Å². The van der Waals surface area contributed by atoms with Gasteiger partial charge in [-0.25, -0.2) is 0 Å². The number of furan rings is 1. The van der Waals surface area contributed by atoms with E-state index in [0.717, 1.165) is 55.8 Å². The zero-order valence-corrected chi connectivity index (χ0v) is 29.9. The van der Waals surface area contributed by atoms with E-state index in [-0.39, 0.29) is 0 Å². The summed E-state index contributed by atoms with van der Waals surface area (Å²) in [5.41, 5.74) is 13.2. The van der Waals surface area contributed by atoms with E-state index in [2.05, 4.69) is 204 Å². The van der Waals surface area contributed by atoms with Gasteiger partial charge in [0.1, 0.15) is 11.2 Å². The predicted molar refractivity (Wildman–Crippen MR) is 231 cm³/mol. The maximum absolute atomic E-state index is 6.28. The summed E-state index contributed by atoms with van der Waals surface area (Å²) in [6, 6.07) is 74.0. The molecule has 0 aliphatic heterocycles. The van der Waals surface area contributed by atoms with Gasteiger partial charge in [0.25, 0.3) is 0 Å². The van der Waals surface area contributed by atoms with Crippen molar-refractivity contribution >= 4 is 71.6 Å². The van der Waals surface area contributed by atoms with Crippen molar-refractivity contribution < 1.29 is 4.42 Å². The molecule has 2 heterocycles. The number of anilines is 3. The van der Waals surface area contributed by atoms with E-state index in [9.17, 15) is 0 Å². The standard InChI is InChI=1S/C52H34N2O/c1-2-13-37-32-42(30-24-35(37)12-1)53(40-14-11-15-41(34-40)54-49-21-8-5-18-45(49)46-19-6-9-22-50(46)54)39-28-25-36(26-29-39)43-16-3-4-17-44(43)38-27-31-48-47-20-7-10-23-51(47)55-52(48)33-38/h1-34H. The first-order valence-corrected chi connectivity index (χ1v) is 18.8. The lowest BCUT2D eigenvalue weighted by Crippen LogP contribution is -2.10. The Balaban J connectivity index is 1.03. The summed E-state index contributed by atoms with van der Waals surface area (Å²) < 4.78 is 8.66. The van der Waals surface area contributed by atoms with Gasteiger partial charge in [-0.3, -0.25) is 0 Å². The van der Waals surface area contributed by atoms with Gasteiger partial charge in [-0.1, -0.05) is 133 Å². The fourth-order valence-corrected chi connectivity index (χ4v) is 8.40. The molecule has 2 aromatic heterocycles. The van der Waals surface area contributed by atoms with Gasteiger partial charge in [0.15, 0.2) is 0 Å². The molecular weight excluding hydrogens is 669 g/mol. The Morgan fingerprint density at radius 3 is 1.71 bits per heavy atom. The van der Waals surface area contributed by atoms with Gasteiger partial charge in [-0.05, 0) is 106 Å². The molecule has 0 bridgehead atoms. The molecule has 0 radical (unpaired) electrons. The zero-order chi connectivity index (χ0) is 36.3. The van der Waals surface area contributed by atoms with Crippen LogP contribution in [0.25, 0.3) is 82.5 Å². The first-order valence-electron chi connectivity index (χ1n) is 18.8. The number of rotatable bonds is 6. The molecule has 0 fully saturated rings. The Labute approximate surface area is 318 Å². The van der Waals surface area contributed by atoms with Crippen molar-refractivity contribution in [3.05, 3.63) is 206 Å². The number of benzene rings is 9. The topological polar surface area (TPSA) is 21.3 Å². The second kappa shape index (κ2) is 12.6. The summed E-state index contributed by atoms with van der Waals surface area (Å²) >= 11 is 0. The molecule has 0 N–H and O–H groups in total. The van der Waals surface area contributed by atoms with E-state index in [1.165, 1.54) is 43.7 Å². The maximum Gasteiger partial charge on any atom is 0.136 e. The summed E-state index contributed by atoms with van der Waals surface area (Å²) in [5, 5.41) is 7.21. The third-order valence-corrected chi connectivity index (χ3v) is 11.0. The van der Waals surface area contributed by atoms with Crippen molar-refractivity contribution in [3.63, 3.8) is 0 Å². The summed E-state index contributed by atoms with van der Waals surface area (Å²) in [6.07, 6.45) is 0. The van der Waals surface area contributed by atoms with E-state index in [1.54, 1.807) is 0 Å². The van der Waals surface area contributed by atoms with Crippen LogP contribution in [-0.4, -0.2) is 4.57 Å². The second-order valence-corrected chi connectivity index (χ2v) is 14.2. The highest BCUT2D eigenvalue weighted by Gasteiger charge is 2.18. The largest absolute Gasteiger partial charge is 0.456 e. The highest BCUT2D eigenvalue weighted by molar-refractivity contribution is 6.09. The molecule has 9 aromatic carbocycles. The highest BCUT2D eigenvalue weighted by Crippen LogP contribution is 2.41. The zero-order valence-electron chi connectivity index (χ0n) is 29.9. The van der Waals surface area contributed by atoms with Gasteiger partial charge < -0.3 is 13.9 Å². The lowest BCUT2D eigenvalue weighted by molar-refractivity contribution is 0.669. The van der Waals surface area contributed by atoms with Crippen LogP contribution >= 0.6 is 0 Å². The first-order chi connectivity index (χ1) is 27.3. The monoisotopic (exact) mass is 702 g/mol. The minimum absolute atomic E-state index is 0.901. The number of nitrogens with zero attached hydrogens (tertiary/aromatic N) is 2. The predicted octanol–water partition coefficient (Wildman–Crippen LogP) is 14.6. The molecule has 3 nitrogen and oxygen atoms in total. The van der Waals surface area contributed by atoms with Crippen molar-refractivity contribution in [2.24, 2.45) is 0 Å². The number of aromatic nitrogens is 1. The Morgan fingerprint density at radius 1 is 0.345 bits per heavy atom. The Kier molecular flexibility index (Phi) is 7.17. The van der Waals surface area contributed by atoms with Crippen molar-refractivity contribution in [3.8, 4) is 27.9 Å². The van der Waals surface area contributed by atoms with Crippen LogP contribution in [0, 0.1) is 0 Å². The Morgan fingerprint density at radius 2 is 0.927 bits per heavy atom. The summed E-state index contributed by atoms with van der Waals surface area (Å²) in [7, 11) is 0. The number of fused-ring (bicyclic) bond motifs is 7. The van der Waals surface area contributed by atoms with E-state index in [0.29, 0.717) is 0 Å². The normalized spacial score (nSPS) is 11.6. The van der Waals surface area contributed by atoms with Crippen LogP contribution in [0.15, 0.2) is 211 Å². The highest BCUT2D eigenvalue weighted by atomic mass is 16.3. The first kappa shape index (κ1) is 31.2. The average Bonchev–Trinajstić information content (AvgIpc) is 3.80. The maximum atomic E-state index is 6.28. The van der Waals surface area contributed by atoms with Gasteiger partial charge in [0.2, 0.25) is 0 Å². The molecule has 55 heavy (non-hydrogen) atoms. The van der Waals surface area contributed by atoms with Crippen LogP contribution in [0.3, 0.4) is 0 Å². The molecular formula is C52H34N2O. The SMILES string of the molecule is c1cc(N(c2ccc(-c3ccccc3-c3ccc4c(c3)oc3ccccc34)cc2)c2ccc3ccccc3c2)cc(-n2c3ccccc3c3ccccc32)c1. The lowest BCUT2D eigenvalue weighted by atomic mass is 9.94. The molecule has 0 atom stereocenters. The van der Waals surface area contributed by atoms with Gasteiger partial charge >= 0.3 is 0 Å². The lowest BCUT2D eigenvalue weighted by Gasteiger charge is -2.27. The molecule has 0 saturated heterocycles. The van der Waals surface area contributed by atoms with Gasteiger partial charge in [0.05, 0.1) is 11.0 Å². The molecule has 0 amide bonds. The third-order valence-electron chi connectivity index (χ3n) is 11.0. The molecule has 258 valence electrons. The van der Waals surface area contributed by atoms with Crippen LogP contribution in [0.2, 0.25) is 0 Å². The molecule has 11 rings (SSSR count). The number of hydrogen-bond donors (Lipinski definition) is 0. The third kappa shape index (κ3) is 5.20. The Hall–Kier alpha value is -7.36. The van der Waals surface area contributed by atoms with Crippen molar-refractivity contribution in [1.82, 2.24) is 4.57 Å². The minimum Gasteiger partial charge on any atom is -0.456 e. The molecule has 0 aliphatic rings. The molecule has 0 saturated carbocycles. The minimum atomic E-state index is 0.901. The summed E-state index contributed by atoms with van der Waals surface area (Å²) in [4.78, 5) is 2.37. The van der Waals surface area contributed by atoms with Crippen molar-refractivity contribution in [2.75, 3.05) is 4.90 Å². The molecule has 3 heteroatoms. The molecule has 0 unspecified atom stereocenters. The molecule has 11 aromatic rings. The van der Waals surface area contributed by atoms with Gasteiger partial charge in [-0.15, -0.1) is 0 Å². The Bertz CT molecular complexity index is 3170. The van der Waals surface area contributed by atoms with Crippen LogP contribution in [0.1, 0.15) is 0 Å². The molecule has 0 spiro atoms. The van der Waals surface area contributed by atoms with E-state index < -0.39 is 0 Å². The molecule has 0 aliphatic carbocycles. The smallest absolute Gasteiger partial charge is 0.136 e. The van der Waals surface area contributed by atoms with Gasteiger partial charge in [-0.2, -0.15) is 0 Å². The van der Waals surface area contributed by atoms with Gasteiger partial charge in [0, 0.05) is 44.3 Å². The van der Waals surface area contributed by atoms with Crippen LogP contribution < -0.4 is 4.90 Å². The average molecular weight is 703 g/mol. The second-order valence-electron chi connectivity index (χ2n) is 14.2. The van der Waals surface area contributed by atoms with E-state index >= 15 is 0 Å². The summed E-state index contributed by atoms with van der Waals surface area (Å²) in [5.74, 6) is 0. The fourth-order valence-electron chi connectivity index (χ4n) is 8.40. The van der Waals surface area contributed by atoms with Crippen LogP contribution in [0.4, 0.5) is 17.1 Å². The number of para-hydroxylation sites is 3. The summed E-state index contributed by atoms with van der Waals surface area (Å²) in [6.45, 7) is 0. The van der Waals surface area contributed by atoms with E-state index in [4.69, 9.17) is 4.42 Å². The quantitative estimate of drug-likeness (QED) is 0.172. The van der Waals surface area contributed by atoms with E-state index in [1.807, 2.05) is 12.1 Å². The number of hydrogen-bond acceptors (Lipinski definition) is 2. The van der Waals surface area contributed by atoms with Crippen molar-refractivity contribution in [1.29, 1.82) is 0 Å². The fraction of sp³-hybridized carbons (Fsp3) is 0.